The number of carbonyl (C=O) groups excluding carboxylic acids is 5. The minimum absolute atomic E-state index is 0.0107. The average Bonchev–Trinajstić information content (AvgIpc) is 2.95. The monoisotopic (exact) mass is 603 g/mol. The molecule has 1 aromatic carbocycles. The van der Waals surface area contributed by atoms with Crippen LogP contribution in [-0.2, 0) is 35.2 Å². The largest absolute Gasteiger partial charge is 0.481 e. The normalized spacial score (nSPS) is 22.0. The van der Waals surface area contributed by atoms with Crippen LogP contribution in [0.5, 0.6) is 0 Å². The molecule has 12 N–H and O–H groups in total. The molecular formula is C27H41N9O7. The highest BCUT2D eigenvalue weighted by atomic mass is 16.4. The first-order valence-electron chi connectivity index (χ1n) is 14.0. The Morgan fingerprint density at radius 3 is 2.00 bits per heavy atom. The fraction of sp³-hybridized carbons (Fsp3) is 0.519. The molecule has 16 nitrogen and oxygen atoms in total. The minimum atomic E-state index is -1.55. The second-order valence-corrected chi connectivity index (χ2v) is 10.0. The van der Waals surface area contributed by atoms with Gasteiger partial charge in [-0.1, -0.05) is 30.3 Å². The van der Waals surface area contributed by atoms with Crippen LogP contribution in [0.1, 0.15) is 44.1 Å². The van der Waals surface area contributed by atoms with Crippen LogP contribution in [0.3, 0.4) is 0 Å². The molecule has 4 atom stereocenters. The lowest BCUT2D eigenvalue weighted by molar-refractivity contribution is -0.141. The molecule has 0 aliphatic carbocycles. The number of aliphatic carboxylic acids is 1. The number of carbonyl (C=O) groups is 6. The summed E-state index contributed by atoms with van der Waals surface area (Å²) in [6, 6.07) is 3.75. The van der Waals surface area contributed by atoms with Crippen molar-refractivity contribution in [2.24, 2.45) is 22.2 Å². The number of guanidine groups is 1. The SMILES string of the molecule is NCCCC[C@H]1NC(=O)[C@@H](Cc2ccccc2)NC(=O)[C@@H](CC(=O)O)NC(=O)CNC(=O)[C@@H](CCCN=C(N)N)NC1=O. The fourth-order valence-electron chi connectivity index (χ4n) is 4.33. The number of hydrogen-bond acceptors (Lipinski definition) is 8. The van der Waals surface area contributed by atoms with Crippen LogP contribution in [-0.4, -0.2) is 90.4 Å². The van der Waals surface area contributed by atoms with E-state index in [1.165, 1.54) is 0 Å². The Morgan fingerprint density at radius 1 is 0.791 bits per heavy atom. The van der Waals surface area contributed by atoms with Gasteiger partial charge >= 0.3 is 5.97 Å². The summed E-state index contributed by atoms with van der Waals surface area (Å²) in [5, 5.41) is 21.9. The summed E-state index contributed by atoms with van der Waals surface area (Å²) in [6.45, 7) is -0.0746. The lowest BCUT2D eigenvalue weighted by Crippen LogP contribution is -2.58. The van der Waals surface area contributed by atoms with E-state index < -0.39 is 72.6 Å². The summed E-state index contributed by atoms with van der Waals surface area (Å²) in [5.74, 6) is -5.36. The van der Waals surface area contributed by atoms with Gasteiger partial charge in [-0.2, -0.15) is 0 Å². The molecule has 1 aromatic rings. The van der Waals surface area contributed by atoms with Crippen molar-refractivity contribution in [3.63, 3.8) is 0 Å². The van der Waals surface area contributed by atoms with Gasteiger partial charge in [0.1, 0.15) is 24.2 Å². The predicted molar refractivity (Wildman–Crippen MR) is 156 cm³/mol. The molecule has 0 radical (unpaired) electrons. The highest BCUT2D eigenvalue weighted by molar-refractivity contribution is 5.98. The third kappa shape index (κ3) is 12.8. The number of carboxylic acids is 1. The number of amides is 5. The Hall–Kier alpha value is -4.73. The zero-order valence-electron chi connectivity index (χ0n) is 23.8. The van der Waals surface area contributed by atoms with E-state index >= 15 is 0 Å². The number of carboxylic acid groups (broad SMARTS) is 1. The molecule has 1 saturated heterocycles. The van der Waals surface area contributed by atoms with Crippen LogP contribution < -0.4 is 43.8 Å². The Bertz CT molecular complexity index is 1160. The van der Waals surface area contributed by atoms with Crippen molar-refractivity contribution in [1.82, 2.24) is 26.6 Å². The molecule has 1 fully saturated rings. The second kappa shape index (κ2) is 17.9. The molecule has 1 aliphatic heterocycles. The molecule has 2 rings (SSSR count). The highest BCUT2D eigenvalue weighted by Crippen LogP contribution is 2.09. The van der Waals surface area contributed by atoms with Gasteiger partial charge in [0.25, 0.3) is 0 Å². The lowest BCUT2D eigenvalue weighted by atomic mass is 10.0. The van der Waals surface area contributed by atoms with Crippen LogP contribution in [0, 0.1) is 0 Å². The Labute approximate surface area is 249 Å². The van der Waals surface area contributed by atoms with Gasteiger partial charge in [0.15, 0.2) is 5.96 Å². The summed E-state index contributed by atoms with van der Waals surface area (Å²) >= 11 is 0. The van der Waals surface area contributed by atoms with E-state index in [1.807, 2.05) is 0 Å². The van der Waals surface area contributed by atoms with Gasteiger partial charge in [0.2, 0.25) is 29.5 Å². The molecule has 0 unspecified atom stereocenters. The minimum Gasteiger partial charge on any atom is -0.481 e. The maximum Gasteiger partial charge on any atom is 0.305 e. The molecular weight excluding hydrogens is 562 g/mol. The quantitative estimate of drug-likeness (QED) is 0.0661. The van der Waals surface area contributed by atoms with Gasteiger partial charge in [-0.05, 0) is 44.2 Å². The van der Waals surface area contributed by atoms with Crippen LogP contribution in [0.25, 0.3) is 0 Å². The van der Waals surface area contributed by atoms with Gasteiger partial charge in [0, 0.05) is 13.0 Å². The zero-order chi connectivity index (χ0) is 31.8. The van der Waals surface area contributed by atoms with Gasteiger partial charge < -0.3 is 48.9 Å². The zero-order valence-corrected chi connectivity index (χ0v) is 23.8. The number of nitrogens with two attached hydrogens (primary N) is 3. The van der Waals surface area contributed by atoms with Gasteiger partial charge in [-0.15, -0.1) is 0 Å². The van der Waals surface area contributed by atoms with E-state index in [2.05, 4.69) is 31.6 Å². The van der Waals surface area contributed by atoms with Gasteiger partial charge in [-0.3, -0.25) is 33.8 Å². The number of unbranched alkanes of at least 4 members (excludes halogenated alkanes) is 1. The third-order valence-electron chi connectivity index (χ3n) is 6.53. The van der Waals surface area contributed by atoms with Crippen molar-refractivity contribution in [3.05, 3.63) is 35.9 Å². The number of nitrogens with one attached hydrogen (secondary N) is 5. The summed E-state index contributed by atoms with van der Waals surface area (Å²) in [4.78, 5) is 81.1. The first-order chi connectivity index (χ1) is 20.5. The van der Waals surface area contributed by atoms with Crippen molar-refractivity contribution in [3.8, 4) is 0 Å². The Kier molecular flexibility index (Phi) is 14.4. The third-order valence-corrected chi connectivity index (χ3v) is 6.53. The molecule has 5 amide bonds. The molecule has 0 aromatic heterocycles. The molecule has 0 saturated carbocycles. The smallest absolute Gasteiger partial charge is 0.305 e. The van der Waals surface area contributed by atoms with Crippen LogP contribution >= 0.6 is 0 Å². The van der Waals surface area contributed by atoms with E-state index in [4.69, 9.17) is 17.2 Å². The lowest BCUT2D eigenvalue weighted by Gasteiger charge is -2.26. The number of aliphatic imine (C=N–C) groups is 1. The first-order valence-corrected chi connectivity index (χ1v) is 14.0. The first kappa shape index (κ1) is 34.5. The van der Waals surface area contributed by atoms with E-state index in [1.54, 1.807) is 30.3 Å². The van der Waals surface area contributed by atoms with E-state index in [-0.39, 0.29) is 31.8 Å². The van der Waals surface area contributed by atoms with Crippen molar-refractivity contribution >= 4 is 41.5 Å². The van der Waals surface area contributed by atoms with E-state index in [0.29, 0.717) is 31.4 Å². The van der Waals surface area contributed by atoms with Crippen LogP contribution in [0.2, 0.25) is 0 Å². The molecule has 0 spiro atoms. The topological polar surface area (TPSA) is 273 Å². The summed E-state index contributed by atoms with van der Waals surface area (Å²) < 4.78 is 0. The standard InChI is InChI=1S/C27H41N9O7/c28-11-5-4-9-18-24(41)34-17(10-6-12-31-27(29)30)23(40)32-15-21(37)33-20(14-22(38)39)26(43)36-19(25(42)35-18)13-16-7-2-1-3-8-16/h1-3,7-8,17-20H,4-6,9-15,28H2,(H,32,40)(H,33,37)(H,34,41)(H,35,42)(H,36,43)(H,38,39)(H4,29,30,31)/t17-,18-,19-,20-/m1/s1. The summed E-state index contributed by atoms with van der Waals surface area (Å²) in [7, 11) is 0. The van der Waals surface area contributed by atoms with E-state index in [0.717, 1.165) is 0 Å². The highest BCUT2D eigenvalue weighted by Gasteiger charge is 2.33. The summed E-state index contributed by atoms with van der Waals surface area (Å²) in [5.41, 5.74) is 17.0. The van der Waals surface area contributed by atoms with Crippen molar-refractivity contribution in [2.75, 3.05) is 19.6 Å². The maximum atomic E-state index is 13.6. The van der Waals surface area contributed by atoms with E-state index in [9.17, 15) is 33.9 Å². The Morgan fingerprint density at radius 2 is 1.37 bits per heavy atom. The molecule has 1 aliphatic rings. The maximum absolute atomic E-state index is 13.6. The molecule has 43 heavy (non-hydrogen) atoms. The molecule has 1 heterocycles. The average molecular weight is 604 g/mol. The molecule has 0 bridgehead atoms. The predicted octanol–water partition coefficient (Wildman–Crippen LogP) is -3.04. The van der Waals surface area contributed by atoms with Crippen molar-refractivity contribution in [1.29, 1.82) is 0 Å². The number of nitrogens with zero attached hydrogens (tertiary/aromatic N) is 1. The fourth-order valence-corrected chi connectivity index (χ4v) is 4.33. The second-order valence-electron chi connectivity index (χ2n) is 10.0. The van der Waals surface area contributed by atoms with Crippen molar-refractivity contribution < 1.29 is 33.9 Å². The summed E-state index contributed by atoms with van der Waals surface area (Å²) in [6.07, 6.45) is 0.854. The molecule has 236 valence electrons. The van der Waals surface area contributed by atoms with Crippen LogP contribution in [0.15, 0.2) is 35.3 Å². The van der Waals surface area contributed by atoms with Gasteiger partial charge in [0.05, 0.1) is 13.0 Å². The molecule has 16 heteroatoms. The number of benzene rings is 1. The van der Waals surface area contributed by atoms with Crippen molar-refractivity contribution in [2.45, 2.75) is 69.1 Å². The van der Waals surface area contributed by atoms with Gasteiger partial charge in [-0.25, -0.2) is 0 Å². The number of hydrogen-bond donors (Lipinski definition) is 9. The van der Waals surface area contributed by atoms with Crippen LogP contribution in [0.4, 0.5) is 0 Å². The Balaban J connectivity index is 2.44. The number of rotatable bonds is 12.